The summed E-state index contributed by atoms with van der Waals surface area (Å²) in [6, 6.07) is 7.08. The summed E-state index contributed by atoms with van der Waals surface area (Å²) in [5, 5.41) is 25.9. The smallest absolute Gasteiger partial charge is 0.408 e. The SMILES string of the molecule is CC(C)(C)OC(=O)N[C@@H](C(=O)N1CC[C@H](F)C1)[C@@H](O)c1ccc(F)cc1.CC(C)(C)OC(=O)N[C@H](C(=O)N1CC[C@H](F)C1)[C@H](O)c1ccc(F)cc1. The first-order valence-electron chi connectivity index (χ1n) is 16.9. The highest BCUT2D eigenvalue weighted by molar-refractivity contribution is 5.87. The molecule has 0 spiro atoms. The van der Waals surface area contributed by atoms with Crippen LogP contribution in [0.3, 0.4) is 0 Å². The minimum atomic E-state index is -1.44. The number of alkyl carbamates (subject to hydrolysis) is 2. The fourth-order valence-corrected chi connectivity index (χ4v) is 5.35. The maximum Gasteiger partial charge on any atom is 0.408 e. The zero-order chi connectivity index (χ0) is 39.0. The van der Waals surface area contributed by atoms with Crippen molar-refractivity contribution in [3.05, 3.63) is 71.3 Å². The molecule has 0 saturated carbocycles. The third kappa shape index (κ3) is 13.0. The summed E-state index contributed by atoms with van der Waals surface area (Å²) in [6.45, 7) is 10.2. The lowest BCUT2D eigenvalue weighted by Gasteiger charge is -2.29. The van der Waals surface area contributed by atoms with E-state index in [9.17, 15) is 47.0 Å². The van der Waals surface area contributed by atoms with Crippen molar-refractivity contribution in [1.29, 1.82) is 0 Å². The van der Waals surface area contributed by atoms with Crippen molar-refractivity contribution in [3.8, 4) is 0 Å². The lowest BCUT2D eigenvalue weighted by Crippen LogP contribution is -2.52. The number of alkyl halides is 2. The van der Waals surface area contributed by atoms with E-state index in [-0.39, 0.29) is 50.1 Å². The second-order valence-corrected chi connectivity index (χ2v) is 14.6. The minimum Gasteiger partial charge on any atom is -0.444 e. The number of carbonyl (C=O) groups is 4. The zero-order valence-corrected chi connectivity index (χ0v) is 30.1. The van der Waals surface area contributed by atoms with Crippen LogP contribution in [0.4, 0.5) is 27.2 Å². The third-order valence-electron chi connectivity index (χ3n) is 7.82. The number of carbonyl (C=O) groups excluding carboxylic acids is 4. The highest BCUT2D eigenvalue weighted by atomic mass is 19.1. The van der Waals surface area contributed by atoms with Crippen LogP contribution >= 0.6 is 0 Å². The molecule has 4 N–H and O–H groups in total. The van der Waals surface area contributed by atoms with Gasteiger partial charge in [-0.3, -0.25) is 9.59 Å². The molecule has 0 aromatic heterocycles. The number of nitrogens with one attached hydrogen (secondary N) is 2. The number of hydrogen-bond donors (Lipinski definition) is 4. The first-order valence-corrected chi connectivity index (χ1v) is 16.9. The molecule has 0 unspecified atom stereocenters. The molecule has 6 atom stereocenters. The van der Waals surface area contributed by atoms with Gasteiger partial charge < -0.3 is 40.1 Å². The second-order valence-electron chi connectivity index (χ2n) is 14.6. The number of aliphatic hydroxyl groups is 2. The van der Waals surface area contributed by atoms with Gasteiger partial charge in [-0.1, -0.05) is 24.3 Å². The molecule has 2 fully saturated rings. The van der Waals surface area contributed by atoms with E-state index in [1.54, 1.807) is 41.5 Å². The van der Waals surface area contributed by atoms with Crippen molar-refractivity contribution >= 4 is 24.0 Å². The number of hydrogen-bond acceptors (Lipinski definition) is 8. The Labute approximate surface area is 300 Å². The van der Waals surface area contributed by atoms with Crippen LogP contribution in [0.25, 0.3) is 0 Å². The lowest BCUT2D eigenvalue weighted by molar-refractivity contribution is -0.136. The van der Waals surface area contributed by atoms with Crippen molar-refractivity contribution in [3.63, 3.8) is 0 Å². The quantitative estimate of drug-likeness (QED) is 0.285. The Balaban J connectivity index is 0.000000280. The summed E-state index contributed by atoms with van der Waals surface area (Å²) in [4.78, 5) is 52.1. The molecular formula is C36H48F4N4O8. The molecule has 2 aliphatic heterocycles. The van der Waals surface area contributed by atoms with Gasteiger partial charge >= 0.3 is 12.2 Å². The van der Waals surface area contributed by atoms with E-state index in [4.69, 9.17) is 9.47 Å². The van der Waals surface area contributed by atoms with E-state index >= 15 is 0 Å². The number of halogens is 4. The number of ether oxygens (including phenoxy) is 2. The third-order valence-corrected chi connectivity index (χ3v) is 7.82. The molecule has 4 rings (SSSR count). The summed E-state index contributed by atoms with van der Waals surface area (Å²) in [5.41, 5.74) is -1.10. The number of aliphatic hydroxyl groups excluding tert-OH is 2. The van der Waals surface area contributed by atoms with Crippen LogP contribution in [0.15, 0.2) is 48.5 Å². The molecule has 2 heterocycles. The summed E-state index contributed by atoms with van der Waals surface area (Å²) >= 11 is 0. The number of nitrogens with zero attached hydrogens (tertiary/aromatic N) is 2. The number of likely N-dealkylation sites (tertiary alicyclic amines) is 2. The van der Waals surface area contributed by atoms with Crippen molar-refractivity contribution in [2.75, 3.05) is 26.2 Å². The van der Waals surface area contributed by atoms with Crippen LogP contribution < -0.4 is 10.6 Å². The molecule has 2 saturated heterocycles. The standard InChI is InChI=1S/2C18H24F2N2O4/c2*1-18(2,3)26-17(25)21-14(16(24)22-9-8-13(20)10-22)15(23)11-4-6-12(19)7-5-11/h2*4-7,13-15,23H,8-10H2,1-3H3,(H,21,25)/t13-,14+,15-;13-,14-,15+/m00/s1. The molecule has 16 heteroatoms. The van der Waals surface area contributed by atoms with Crippen molar-refractivity contribution < 1.29 is 56.4 Å². The van der Waals surface area contributed by atoms with Gasteiger partial charge in [0.05, 0.1) is 13.1 Å². The molecule has 12 nitrogen and oxygen atoms in total. The van der Waals surface area contributed by atoms with Gasteiger partial charge in [0.1, 0.15) is 59.5 Å². The molecule has 0 bridgehead atoms. The number of amides is 4. The van der Waals surface area contributed by atoms with Gasteiger partial charge in [-0.2, -0.15) is 0 Å². The van der Waals surface area contributed by atoms with E-state index in [0.29, 0.717) is 0 Å². The van der Waals surface area contributed by atoms with Crippen LogP contribution in [0, 0.1) is 11.6 Å². The number of rotatable bonds is 8. The monoisotopic (exact) mass is 740 g/mol. The Morgan fingerprint density at radius 3 is 1.21 bits per heavy atom. The van der Waals surface area contributed by atoms with Gasteiger partial charge in [0.2, 0.25) is 11.8 Å². The van der Waals surface area contributed by atoms with Gasteiger partial charge in [-0.15, -0.1) is 0 Å². The highest BCUT2D eigenvalue weighted by Crippen LogP contribution is 2.24. The number of benzene rings is 2. The minimum absolute atomic E-state index is 0.0958. The van der Waals surface area contributed by atoms with Crippen molar-refractivity contribution in [2.45, 2.75) is 102 Å². The fourth-order valence-electron chi connectivity index (χ4n) is 5.35. The largest absolute Gasteiger partial charge is 0.444 e. The Bertz CT molecular complexity index is 1400. The first-order chi connectivity index (χ1) is 24.1. The van der Waals surface area contributed by atoms with Crippen LogP contribution in [-0.4, -0.2) is 106 Å². The topological polar surface area (TPSA) is 158 Å². The van der Waals surface area contributed by atoms with Crippen LogP contribution in [0.1, 0.15) is 77.7 Å². The summed E-state index contributed by atoms with van der Waals surface area (Å²) in [6.07, 6.45) is -6.49. The molecule has 0 aliphatic carbocycles. The lowest BCUT2D eigenvalue weighted by atomic mass is 10.0. The summed E-state index contributed by atoms with van der Waals surface area (Å²) in [7, 11) is 0. The van der Waals surface area contributed by atoms with Crippen molar-refractivity contribution in [1.82, 2.24) is 20.4 Å². The predicted octanol–water partition coefficient (Wildman–Crippen LogP) is 4.65. The molecular weight excluding hydrogens is 692 g/mol. The molecule has 2 aromatic carbocycles. The molecule has 4 amide bonds. The van der Waals surface area contributed by atoms with Crippen molar-refractivity contribution in [2.24, 2.45) is 0 Å². The summed E-state index contributed by atoms with van der Waals surface area (Å²) < 4.78 is 63.4. The van der Waals surface area contributed by atoms with Gasteiger partial charge in [-0.25, -0.2) is 27.2 Å². The normalized spacial score (nSPS) is 19.8. The Hall–Kier alpha value is -4.44. The molecule has 2 aliphatic rings. The molecule has 52 heavy (non-hydrogen) atoms. The molecule has 2 aromatic rings. The van der Waals surface area contributed by atoms with E-state index in [1.165, 1.54) is 34.1 Å². The Morgan fingerprint density at radius 2 is 0.962 bits per heavy atom. The predicted molar refractivity (Wildman–Crippen MR) is 181 cm³/mol. The highest BCUT2D eigenvalue weighted by Gasteiger charge is 2.39. The van der Waals surface area contributed by atoms with E-state index in [0.717, 1.165) is 24.3 Å². The maximum atomic E-state index is 13.4. The van der Waals surface area contributed by atoms with Crippen LogP contribution in [0.2, 0.25) is 0 Å². The van der Waals surface area contributed by atoms with E-state index in [1.807, 2.05) is 0 Å². The van der Waals surface area contributed by atoms with Crippen LogP contribution in [0.5, 0.6) is 0 Å². The first kappa shape index (κ1) is 42.0. The van der Waals surface area contributed by atoms with Gasteiger partial charge in [0, 0.05) is 13.1 Å². The second kappa shape index (κ2) is 17.9. The average molecular weight is 741 g/mol. The van der Waals surface area contributed by atoms with Crippen LogP contribution in [-0.2, 0) is 19.1 Å². The maximum absolute atomic E-state index is 13.4. The Morgan fingerprint density at radius 1 is 0.654 bits per heavy atom. The zero-order valence-electron chi connectivity index (χ0n) is 30.1. The average Bonchev–Trinajstić information content (AvgIpc) is 3.68. The van der Waals surface area contributed by atoms with E-state index in [2.05, 4.69) is 10.6 Å². The van der Waals surface area contributed by atoms with Gasteiger partial charge in [-0.05, 0) is 89.8 Å². The Kier molecular flexibility index (Phi) is 14.4. The molecule has 0 radical (unpaired) electrons. The summed E-state index contributed by atoms with van der Waals surface area (Å²) in [5.74, 6) is -2.23. The fraction of sp³-hybridized carbons (Fsp3) is 0.556. The van der Waals surface area contributed by atoms with Gasteiger partial charge in [0.15, 0.2) is 0 Å². The van der Waals surface area contributed by atoms with Gasteiger partial charge in [0.25, 0.3) is 0 Å². The molecule has 288 valence electrons. The van der Waals surface area contributed by atoms with E-state index < -0.39 is 83.5 Å².